The topological polar surface area (TPSA) is 57.5 Å². The van der Waals surface area contributed by atoms with Crippen LogP contribution in [0, 0.1) is 6.92 Å². The van der Waals surface area contributed by atoms with Crippen LogP contribution in [-0.2, 0) is 0 Å². The van der Waals surface area contributed by atoms with E-state index in [9.17, 15) is 9.90 Å². The third-order valence-electron chi connectivity index (χ3n) is 2.63. The van der Waals surface area contributed by atoms with E-state index in [2.05, 4.69) is 0 Å². The van der Waals surface area contributed by atoms with Gasteiger partial charge >= 0.3 is 5.97 Å². The van der Waals surface area contributed by atoms with Crippen molar-refractivity contribution in [2.45, 2.75) is 6.92 Å². The summed E-state index contributed by atoms with van der Waals surface area (Å²) in [4.78, 5) is 10.8. The summed E-state index contributed by atoms with van der Waals surface area (Å²) < 4.78 is 0. The Bertz CT molecular complexity index is 573. The number of phenolic OH excluding ortho intramolecular Hbond substituents is 1. The van der Waals surface area contributed by atoms with Gasteiger partial charge in [-0.1, -0.05) is 18.2 Å². The molecule has 0 aliphatic carbocycles. The average Bonchev–Trinajstić information content (AvgIpc) is 2.28. The Kier molecular flexibility index (Phi) is 2.83. The molecule has 0 saturated heterocycles. The van der Waals surface area contributed by atoms with Crippen molar-refractivity contribution in [3.8, 4) is 16.9 Å². The van der Waals surface area contributed by atoms with Crippen LogP contribution in [0.1, 0.15) is 15.9 Å². The summed E-state index contributed by atoms with van der Waals surface area (Å²) >= 11 is 0. The number of aryl methyl sites for hydroxylation is 1. The summed E-state index contributed by atoms with van der Waals surface area (Å²) in [7, 11) is 0. The summed E-state index contributed by atoms with van der Waals surface area (Å²) in [6.07, 6.45) is 0. The highest BCUT2D eigenvalue weighted by atomic mass is 16.4. The fourth-order valence-corrected chi connectivity index (χ4v) is 1.79. The molecule has 0 aromatic heterocycles. The number of aromatic hydroxyl groups is 1. The molecule has 86 valence electrons. The Morgan fingerprint density at radius 3 is 2.47 bits per heavy atom. The van der Waals surface area contributed by atoms with Crippen LogP contribution in [0.5, 0.6) is 5.75 Å². The van der Waals surface area contributed by atoms with Gasteiger partial charge in [-0.15, -0.1) is 0 Å². The second-order valence-electron chi connectivity index (χ2n) is 3.89. The molecular weight excluding hydrogens is 216 g/mol. The van der Waals surface area contributed by atoms with Gasteiger partial charge in [0.1, 0.15) is 5.75 Å². The molecule has 0 aliphatic heterocycles. The predicted octanol–water partition coefficient (Wildman–Crippen LogP) is 3.07. The lowest BCUT2D eigenvalue weighted by atomic mass is 9.98. The first-order chi connectivity index (χ1) is 8.08. The summed E-state index contributed by atoms with van der Waals surface area (Å²) in [5.74, 6) is -0.736. The quantitative estimate of drug-likeness (QED) is 0.830. The number of aromatic carboxylic acids is 1. The highest BCUT2D eigenvalue weighted by Gasteiger charge is 2.07. The van der Waals surface area contributed by atoms with E-state index in [1.54, 1.807) is 36.4 Å². The number of phenols is 1. The van der Waals surface area contributed by atoms with E-state index in [0.29, 0.717) is 0 Å². The van der Waals surface area contributed by atoms with Crippen molar-refractivity contribution in [3.63, 3.8) is 0 Å². The van der Waals surface area contributed by atoms with Crippen molar-refractivity contribution in [2.24, 2.45) is 0 Å². The Morgan fingerprint density at radius 1 is 1.12 bits per heavy atom. The summed E-state index contributed by atoms with van der Waals surface area (Å²) in [6.45, 7) is 1.85. The van der Waals surface area contributed by atoms with Crippen molar-refractivity contribution in [1.82, 2.24) is 0 Å². The zero-order valence-corrected chi connectivity index (χ0v) is 9.34. The molecule has 0 unspecified atom stereocenters. The molecule has 2 aromatic rings. The van der Waals surface area contributed by atoms with Crippen molar-refractivity contribution < 1.29 is 15.0 Å². The number of benzene rings is 2. The van der Waals surface area contributed by atoms with E-state index in [0.717, 1.165) is 16.7 Å². The fraction of sp³-hybridized carbons (Fsp3) is 0.0714. The second kappa shape index (κ2) is 4.29. The van der Waals surface area contributed by atoms with E-state index in [1.807, 2.05) is 13.0 Å². The van der Waals surface area contributed by atoms with Crippen LogP contribution in [0.3, 0.4) is 0 Å². The number of rotatable bonds is 2. The maximum atomic E-state index is 10.8. The minimum Gasteiger partial charge on any atom is -0.508 e. The van der Waals surface area contributed by atoms with Gasteiger partial charge in [0.15, 0.2) is 0 Å². The van der Waals surface area contributed by atoms with Gasteiger partial charge in [0.05, 0.1) is 5.56 Å². The fourth-order valence-electron chi connectivity index (χ4n) is 1.79. The summed E-state index contributed by atoms with van der Waals surface area (Å²) in [5.41, 5.74) is 2.94. The zero-order valence-electron chi connectivity index (χ0n) is 9.34. The maximum absolute atomic E-state index is 10.8. The van der Waals surface area contributed by atoms with E-state index in [1.165, 1.54) is 0 Å². The Balaban J connectivity index is 2.50. The van der Waals surface area contributed by atoms with Crippen LogP contribution < -0.4 is 0 Å². The molecule has 3 heteroatoms. The number of carboxylic acid groups (broad SMARTS) is 1. The third kappa shape index (κ3) is 2.28. The van der Waals surface area contributed by atoms with Crippen molar-refractivity contribution >= 4 is 5.97 Å². The van der Waals surface area contributed by atoms with Crippen LogP contribution in [0.25, 0.3) is 11.1 Å². The van der Waals surface area contributed by atoms with E-state index in [-0.39, 0.29) is 11.3 Å². The van der Waals surface area contributed by atoms with Crippen molar-refractivity contribution in [2.75, 3.05) is 0 Å². The number of carbonyl (C=O) groups is 1. The van der Waals surface area contributed by atoms with Crippen LogP contribution in [0.4, 0.5) is 0 Å². The first-order valence-corrected chi connectivity index (χ1v) is 5.21. The van der Waals surface area contributed by atoms with Gasteiger partial charge in [-0.3, -0.25) is 0 Å². The molecular formula is C14H12O3. The van der Waals surface area contributed by atoms with Crippen LogP contribution in [-0.4, -0.2) is 16.2 Å². The molecule has 0 saturated carbocycles. The SMILES string of the molecule is Cc1cc(C(=O)O)ccc1-c1cccc(O)c1. The molecule has 0 bridgehead atoms. The molecule has 0 radical (unpaired) electrons. The average molecular weight is 228 g/mol. The molecule has 3 nitrogen and oxygen atoms in total. The molecule has 2 aromatic carbocycles. The molecule has 0 amide bonds. The lowest BCUT2D eigenvalue weighted by molar-refractivity contribution is 0.0697. The first-order valence-electron chi connectivity index (χ1n) is 5.21. The van der Waals surface area contributed by atoms with Gasteiger partial charge in [-0.25, -0.2) is 4.79 Å². The van der Waals surface area contributed by atoms with Gasteiger partial charge in [0.2, 0.25) is 0 Å². The molecule has 0 spiro atoms. The first kappa shape index (κ1) is 11.2. The van der Waals surface area contributed by atoms with Gasteiger partial charge in [-0.2, -0.15) is 0 Å². The Morgan fingerprint density at radius 2 is 1.88 bits per heavy atom. The highest BCUT2D eigenvalue weighted by molar-refractivity contribution is 5.89. The lowest BCUT2D eigenvalue weighted by Gasteiger charge is -2.07. The molecule has 0 aliphatic rings. The van der Waals surface area contributed by atoms with Gasteiger partial charge in [0, 0.05) is 0 Å². The maximum Gasteiger partial charge on any atom is 0.335 e. The lowest BCUT2D eigenvalue weighted by Crippen LogP contribution is -1.97. The van der Waals surface area contributed by atoms with E-state index in [4.69, 9.17) is 5.11 Å². The van der Waals surface area contributed by atoms with Crippen molar-refractivity contribution in [3.05, 3.63) is 53.6 Å². The van der Waals surface area contributed by atoms with Gasteiger partial charge in [-0.05, 0) is 47.9 Å². The van der Waals surface area contributed by atoms with Crippen LogP contribution in [0.2, 0.25) is 0 Å². The van der Waals surface area contributed by atoms with Crippen molar-refractivity contribution in [1.29, 1.82) is 0 Å². The molecule has 17 heavy (non-hydrogen) atoms. The molecule has 0 atom stereocenters. The molecule has 0 fully saturated rings. The van der Waals surface area contributed by atoms with Crippen LogP contribution in [0.15, 0.2) is 42.5 Å². The summed E-state index contributed by atoms with van der Waals surface area (Å²) in [5, 5.41) is 18.3. The smallest absolute Gasteiger partial charge is 0.335 e. The zero-order chi connectivity index (χ0) is 12.4. The summed E-state index contributed by atoms with van der Waals surface area (Å²) in [6, 6.07) is 11.8. The highest BCUT2D eigenvalue weighted by Crippen LogP contribution is 2.26. The monoisotopic (exact) mass is 228 g/mol. The number of hydrogen-bond acceptors (Lipinski definition) is 2. The standard InChI is InChI=1S/C14H12O3/c1-9-7-11(14(16)17)5-6-13(9)10-3-2-4-12(15)8-10/h2-8,15H,1H3,(H,16,17). The van der Waals surface area contributed by atoms with E-state index >= 15 is 0 Å². The normalized spacial score (nSPS) is 10.2. The Labute approximate surface area is 99.0 Å². The van der Waals surface area contributed by atoms with Gasteiger partial charge < -0.3 is 10.2 Å². The second-order valence-corrected chi connectivity index (χ2v) is 3.89. The third-order valence-corrected chi connectivity index (χ3v) is 2.63. The number of carboxylic acids is 1. The van der Waals surface area contributed by atoms with Gasteiger partial charge in [0.25, 0.3) is 0 Å². The van der Waals surface area contributed by atoms with Crippen LogP contribution >= 0.6 is 0 Å². The minimum atomic E-state index is -0.935. The predicted molar refractivity (Wildman–Crippen MR) is 65.2 cm³/mol. The molecule has 0 heterocycles. The molecule has 2 rings (SSSR count). The van der Waals surface area contributed by atoms with E-state index < -0.39 is 5.97 Å². The minimum absolute atomic E-state index is 0.198. The largest absolute Gasteiger partial charge is 0.508 e. The Hall–Kier alpha value is -2.29. The number of hydrogen-bond donors (Lipinski definition) is 2. The molecule has 2 N–H and O–H groups in total.